The first-order valence-electron chi connectivity index (χ1n) is 8.71. The average molecular weight is 418 g/mol. The van der Waals surface area contributed by atoms with E-state index in [9.17, 15) is 18.0 Å². The summed E-state index contributed by atoms with van der Waals surface area (Å²) in [4.78, 5) is 24.7. The SMILES string of the molecule is CNC(=O)C(CC(C)C)NC(=O)c1cc(S(=O)(=O)N(C)C(C)C)ccc1Cl. The Bertz CT molecular complexity index is 794. The van der Waals surface area contributed by atoms with E-state index in [2.05, 4.69) is 10.6 Å². The van der Waals surface area contributed by atoms with Crippen molar-refractivity contribution in [3.63, 3.8) is 0 Å². The van der Waals surface area contributed by atoms with E-state index >= 15 is 0 Å². The lowest BCUT2D eigenvalue weighted by molar-refractivity contribution is -0.122. The standard InChI is InChI=1S/C18H28ClN3O4S/c1-11(2)9-16(18(24)20-5)21-17(23)14-10-13(7-8-15(14)19)27(25,26)22(6)12(3)4/h7-8,10-12,16H,9H2,1-6H3,(H,20,24)(H,21,23). The lowest BCUT2D eigenvalue weighted by atomic mass is 10.0. The summed E-state index contributed by atoms with van der Waals surface area (Å²) in [6.07, 6.45) is 0.442. The van der Waals surface area contributed by atoms with Crippen molar-refractivity contribution in [2.75, 3.05) is 14.1 Å². The highest BCUT2D eigenvalue weighted by molar-refractivity contribution is 7.89. The molecule has 0 aromatic heterocycles. The molecule has 0 aliphatic heterocycles. The van der Waals surface area contributed by atoms with Crippen molar-refractivity contribution < 1.29 is 18.0 Å². The second-order valence-electron chi connectivity index (χ2n) is 7.03. The molecule has 0 radical (unpaired) electrons. The first-order chi connectivity index (χ1) is 12.4. The molecule has 9 heteroatoms. The van der Waals surface area contributed by atoms with Gasteiger partial charge < -0.3 is 10.6 Å². The largest absolute Gasteiger partial charge is 0.357 e. The van der Waals surface area contributed by atoms with Crippen molar-refractivity contribution >= 4 is 33.4 Å². The van der Waals surface area contributed by atoms with Gasteiger partial charge >= 0.3 is 0 Å². The van der Waals surface area contributed by atoms with E-state index in [1.807, 2.05) is 13.8 Å². The summed E-state index contributed by atoms with van der Waals surface area (Å²) >= 11 is 6.12. The molecule has 0 aliphatic rings. The second-order valence-corrected chi connectivity index (χ2v) is 9.43. The maximum atomic E-state index is 12.7. The molecule has 0 heterocycles. The molecule has 1 rings (SSSR count). The predicted octanol–water partition coefficient (Wildman–Crippen LogP) is 2.26. The molecule has 1 atom stereocenters. The van der Waals surface area contributed by atoms with Gasteiger partial charge in [-0.05, 0) is 44.4 Å². The summed E-state index contributed by atoms with van der Waals surface area (Å²) in [5, 5.41) is 5.27. The number of sulfonamides is 1. The molecule has 27 heavy (non-hydrogen) atoms. The summed E-state index contributed by atoms with van der Waals surface area (Å²) < 4.78 is 26.6. The van der Waals surface area contributed by atoms with Gasteiger partial charge in [0.05, 0.1) is 15.5 Å². The molecule has 152 valence electrons. The van der Waals surface area contributed by atoms with Gasteiger partial charge in [0.1, 0.15) is 6.04 Å². The van der Waals surface area contributed by atoms with Gasteiger partial charge in [-0.1, -0.05) is 25.4 Å². The van der Waals surface area contributed by atoms with E-state index in [1.165, 1.54) is 36.6 Å². The van der Waals surface area contributed by atoms with Gasteiger partial charge in [-0.3, -0.25) is 9.59 Å². The minimum Gasteiger partial charge on any atom is -0.357 e. The van der Waals surface area contributed by atoms with Crippen LogP contribution in [-0.4, -0.2) is 50.7 Å². The molecule has 1 aromatic carbocycles. The van der Waals surface area contributed by atoms with Crippen LogP contribution >= 0.6 is 11.6 Å². The minimum atomic E-state index is -3.76. The molecule has 0 aliphatic carbocycles. The summed E-state index contributed by atoms with van der Waals surface area (Å²) in [7, 11) is -0.803. The van der Waals surface area contributed by atoms with Crippen molar-refractivity contribution in [2.24, 2.45) is 5.92 Å². The Morgan fingerprint density at radius 2 is 1.78 bits per heavy atom. The molecule has 0 bridgehead atoms. The third-order valence-corrected chi connectivity index (χ3v) is 6.52. The molecule has 0 saturated carbocycles. The van der Waals surface area contributed by atoms with Crippen LogP contribution in [0, 0.1) is 5.92 Å². The quantitative estimate of drug-likeness (QED) is 0.678. The lowest BCUT2D eigenvalue weighted by Gasteiger charge is -2.22. The first-order valence-corrected chi connectivity index (χ1v) is 10.5. The van der Waals surface area contributed by atoms with Crippen LogP contribution in [0.15, 0.2) is 23.1 Å². The Morgan fingerprint density at radius 3 is 2.26 bits per heavy atom. The summed E-state index contributed by atoms with van der Waals surface area (Å²) in [6, 6.07) is 2.98. The zero-order valence-electron chi connectivity index (χ0n) is 16.5. The number of hydrogen-bond donors (Lipinski definition) is 2. The van der Waals surface area contributed by atoms with Crippen LogP contribution in [0.3, 0.4) is 0 Å². The molecular weight excluding hydrogens is 390 g/mol. The number of hydrogen-bond acceptors (Lipinski definition) is 4. The van der Waals surface area contributed by atoms with E-state index in [1.54, 1.807) is 13.8 Å². The molecule has 7 nitrogen and oxygen atoms in total. The van der Waals surface area contributed by atoms with E-state index < -0.39 is 22.0 Å². The van der Waals surface area contributed by atoms with Crippen LogP contribution in [0.1, 0.15) is 44.5 Å². The van der Waals surface area contributed by atoms with Gasteiger partial charge in [0.15, 0.2) is 0 Å². The number of benzene rings is 1. The number of nitrogens with zero attached hydrogens (tertiary/aromatic N) is 1. The number of likely N-dealkylation sites (N-methyl/N-ethyl adjacent to an activating group) is 1. The lowest BCUT2D eigenvalue weighted by Crippen LogP contribution is -2.46. The van der Waals surface area contributed by atoms with Crippen LogP contribution in [0.2, 0.25) is 5.02 Å². The second kappa shape index (κ2) is 9.52. The summed E-state index contributed by atoms with van der Waals surface area (Å²) in [5.41, 5.74) is 0.00700. The van der Waals surface area contributed by atoms with Crippen molar-refractivity contribution in [3.05, 3.63) is 28.8 Å². The highest BCUT2D eigenvalue weighted by Crippen LogP contribution is 2.23. The van der Waals surface area contributed by atoms with Crippen LogP contribution in [-0.2, 0) is 14.8 Å². The molecule has 0 spiro atoms. The fourth-order valence-electron chi connectivity index (χ4n) is 2.40. The van der Waals surface area contributed by atoms with Crippen molar-refractivity contribution in [1.82, 2.24) is 14.9 Å². The number of amides is 2. The molecule has 1 unspecified atom stereocenters. The number of nitrogens with one attached hydrogen (secondary N) is 2. The fraction of sp³-hybridized carbons (Fsp3) is 0.556. The van der Waals surface area contributed by atoms with Gasteiger partial charge in [0, 0.05) is 20.1 Å². The first kappa shape index (κ1) is 23.4. The minimum absolute atomic E-state index is 0.00700. The Labute approximate surface area is 166 Å². The highest BCUT2D eigenvalue weighted by Gasteiger charge is 2.27. The fourth-order valence-corrected chi connectivity index (χ4v) is 3.99. The molecule has 0 saturated heterocycles. The Kier molecular flexibility index (Phi) is 8.25. The van der Waals surface area contributed by atoms with Crippen LogP contribution < -0.4 is 10.6 Å². The Balaban J connectivity index is 3.22. The maximum Gasteiger partial charge on any atom is 0.253 e. The number of carbonyl (C=O) groups excluding carboxylic acids is 2. The van der Waals surface area contributed by atoms with E-state index in [0.717, 1.165) is 0 Å². The summed E-state index contributed by atoms with van der Waals surface area (Å²) in [5.74, 6) is -0.746. The molecule has 1 aromatic rings. The van der Waals surface area contributed by atoms with Gasteiger partial charge in [0.2, 0.25) is 15.9 Å². The molecule has 2 N–H and O–H groups in total. The Hall–Kier alpha value is -1.64. The smallest absolute Gasteiger partial charge is 0.253 e. The third kappa shape index (κ3) is 5.92. The van der Waals surface area contributed by atoms with E-state index in [0.29, 0.717) is 6.42 Å². The average Bonchev–Trinajstić information content (AvgIpc) is 2.59. The Morgan fingerprint density at radius 1 is 1.19 bits per heavy atom. The monoisotopic (exact) mass is 417 g/mol. The highest BCUT2D eigenvalue weighted by atomic mass is 35.5. The third-order valence-electron chi connectivity index (χ3n) is 4.16. The zero-order chi connectivity index (χ0) is 20.9. The van der Waals surface area contributed by atoms with E-state index in [4.69, 9.17) is 11.6 Å². The zero-order valence-corrected chi connectivity index (χ0v) is 18.1. The van der Waals surface area contributed by atoms with Gasteiger partial charge in [0.25, 0.3) is 5.91 Å². The number of carbonyl (C=O) groups is 2. The van der Waals surface area contributed by atoms with E-state index in [-0.39, 0.29) is 33.3 Å². The molecule has 0 fully saturated rings. The van der Waals surface area contributed by atoms with Crippen LogP contribution in [0.5, 0.6) is 0 Å². The van der Waals surface area contributed by atoms with Crippen molar-refractivity contribution in [1.29, 1.82) is 0 Å². The summed E-state index contributed by atoms with van der Waals surface area (Å²) in [6.45, 7) is 7.37. The van der Waals surface area contributed by atoms with Gasteiger partial charge in [-0.15, -0.1) is 0 Å². The normalized spacial score (nSPS) is 13.1. The van der Waals surface area contributed by atoms with Crippen LogP contribution in [0.25, 0.3) is 0 Å². The predicted molar refractivity (Wildman–Crippen MR) is 106 cm³/mol. The van der Waals surface area contributed by atoms with Crippen molar-refractivity contribution in [3.8, 4) is 0 Å². The number of halogens is 1. The molecule has 2 amide bonds. The number of rotatable bonds is 8. The van der Waals surface area contributed by atoms with Crippen molar-refractivity contribution in [2.45, 2.75) is 51.1 Å². The van der Waals surface area contributed by atoms with Gasteiger partial charge in [-0.2, -0.15) is 4.31 Å². The van der Waals surface area contributed by atoms with Gasteiger partial charge in [-0.25, -0.2) is 8.42 Å². The molecular formula is C18H28ClN3O4S. The maximum absolute atomic E-state index is 12.7. The topological polar surface area (TPSA) is 95.6 Å². The van der Waals surface area contributed by atoms with Crippen LogP contribution in [0.4, 0.5) is 0 Å².